The minimum absolute atomic E-state index is 0.278. The summed E-state index contributed by atoms with van der Waals surface area (Å²) in [5.74, 6) is 0.278. The number of para-hydroxylation sites is 1. The van der Waals surface area contributed by atoms with E-state index in [1.165, 1.54) is 16.6 Å². The molecule has 21 heavy (non-hydrogen) atoms. The van der Waals surface area contributed by atoms with Crippen molar-refractivity contribution in [2.45, 2.75) is 51.6 Å². The molecule has 4 rings (SSSR count). The van der Waals surface area contributed by atoms with Gasteiger partial charge in [0, 0.05) is 30.1 Å². The average Bonchev–Trinajstić information content (AvgIpc) is 2.71. The Balaban J connectivity index is 2.02. The highest BCUT2D eigenvalue weighted by Crippen LogP contribution is 2.42. The van der Waals surface area contributed by atoms with Crippen LogP contribution in [0.2, 0.25) is 0 Å². The van der Waals surface area contributed by atoms with Crippen LogP contribution in [-0.4, -0.2) is 28.0 Å². The van der Waals surface area contributed by atoms with E-state index in [4.69, 9.17) is 0 Å². The molecule has 2 aliphatic heterocycles. The number of carbonyl (C=O) groups excluding carboxylic acids is 1. The first-order valence-corrected chi connectivity index (χ1v) is 8.09. The van der Waals surface area contributed by atoms with Gasteiger partial charge in [-0.25, -0.2) is 0 Å². The van der Waals surface area contributed by atoms with Crippen molar-refractivity contribution in [3.63, 3.8) is 0 Å². The molecule has 110 valence electrons. The fraction of sp³-hybridized carbons (Fsp3) is 0.500. The van der Waals surface area contributed by atoms with Gasteiger partial charge in [0.15, 0.2) is 0 Å². The molecule has 3 heterocycles. The Morgan fingerprint density at radius 1 is 1.19 bits per heavy atom. The number of rotatable bonds is 1. The molecule has 0 fully saturated rings. The highest BCUT2D eigenvalue weighted by atomic mass is 16.2. The van der Waals surface area contributed by atoms with Crippen molar-refractivity contribution in [1.29, 1.82) is 0 Å². The summed E-state index contributed by atoms with van der Waals surface area (Å²) in [6.45, 7) is 5.65. The van der Waals surface area contributed by atoms with E-state index in [0.29, 0.717) is 18.5 Å². The van der Waals surface area contributed by atoms with E-state index in [-0.39, 0.29) is 5.91 Å². The summed E-state index contributed by atoms with van der Waals surface area (Å²) in [4.78, 5) is 15.2. The summed E-state index contributed by atoms with van der Waals surface area (Å²) in [5.41, 5.74) is 3.83. The first kappa shape index (κ1) is 13.1. The van der Waals surface area contributed by atoms with Crippen LogP contribution in [0.1, 0.15) is 55.2 Å². The van der Waals surface area contributed by atoms with Crippen LogP contribution in [0, 0.1) is 0 Å². The molecular formula is C18H22N2O. The van der Waals surface area contributed by atoms with Crippen LogP contribution < -0.4 is 0 Å². The van der Waals surface area contributed by atoms with E-state index in [2.05, 4.69) is 36.9 Å². The summed E-state index contributed by atoms with van der Waals surface area (Å²) in [6.07, 6.45) is 3.84. The third-order valence-electron chi connectivity index (χ3n) is 5.14. The Labute approximate surface area is 125 Å². The highest BCUT2D eigenvalue weighted by molar-refractivity contribution is 5.96. The van der Waals surface area contributed by atoms with Gasteiger partial charge in [-0.1, -0.05) is 18.2 Å². The molecule has 0 radical (unpaired) electrons. The smallest absolute Gasteiger partial charge is 0.231 e. The lowest BCUT2D eigenvalue weighted by molar-refractivity contribution is 0.0904. The zero-order chi connectivity index (χ0) is 14.6. The van der Waals surface area contributed by atoms with Crippen LogP contribution in [0.4, 0.5) is 0 Å². The van der Waals surface area contributed by atoms with Crippen LogP contribution in [0.5, 0.6) is 0 Å². The molecule has 0 N–H and O–H groups in total. The van der Waals surface area contributed by atoms with Crippen molar-refractivity contribution in [1.82, 2.24) is 9.47 Å². The lowest BCUT2D eigenvalue weighted by Crippen LogP contribution is -2.40. The summed E-state index contributed by atoms with van der Waals surface area (Å²) >= 11 is 0. The molecule has 3 nitrogen and oxygen atoms in total. The van der Waals surface area contributed by atoms with Gasteiger partial charge in [0.25, 0.3) is 0 Å². The topological polar surface area (TPSA) is 25.2 Å². The van der Waals surface area contributed by atoms with E-state index >= 15 is 0 Å². The normalized spacial score (nSPS) is 22.6. The van der Waals surface area contributed by atoms with Crippen molar-refractivity contribution >= 4 is 16.8 Å². The maximum absolute atomic E-state index is 12.6. The second-order valence-corrected chi connectivity index (χ2v) is 6.60. The lowest BCUT2D eigenvalue weighted by atomic mass is 9.93. The molecule has 0 saturated carbocycles. The number of nitrogens with zero attached hydrogens (tertiary/aromatic N) is 2. The van der Waals surface area contributed by atoms with E-state index in [0.717, 1.165) is 31.3 Å². The molecule has 0 aliphatic carbocycles. The minimum Gasteiger partial charge on any atom is -0.292 e. The van der Waals surface area contributed by atoms with Gasteiger partial charge in [-0.15, -0.1) is 0 Å². The zero-order valence-electron chi connectivity index (χ0n) is 12.8. The van der Waals surface area contributed by atoms with Gasteiger partial charge in [-0.2, -0.15) is 0 Å². The Kier molecular flexibility index (Phi) is 2.93. The molecule has 1 aromatic heterocycles. The van der Waals surface area contributed by atoms with Gasteiger partial charge >= 0.3 is 0 Å². The van der Waals surface area contributed by atoms with Crippen molar-refractivity contribution in [2.24, 2.45) is 0 Å². The second kappa shape index (κ2) is 4.70. The van der Waals surface area contributed by atoms with Gasteiger partial charge in [0.05, 0.1) is 11.6 Å². The van der Waals surface area contributed by atoms with Crippen LogP contribution >= 0.6 is 0 Å². The number of carbonyl (C=O) groups is 1. The summed E-state index contributed by atoms with van der Waals surface area (Å²) in [7, 11) is 0. The zero-order valence-corrected chi connectivity index (χ0v) is 12.8. The van der Waals surface area contributed by atoms with Crippen LogP contribution in [0.25, 0.3) is 10.9 Å². The molecule has 0 bridgehead atoms. The summed E-state index contributed by atoms with van der Waals surface area (Å²) < 4.78 is 2.04. The van der Waals surface area contributed by atoms with E-state index in [1.807, 2.05) is 10.6 Å². The minimum atomic E-state index is 0.278. The molecule has 1 aromatic carbocycles. The van der Waals surface area contributed by atoms with Crippen molar-refractivity contribution in [3.05, 3.63) is 35.5 Å². The van der Waals surface area contributed by atoms with E-state index < -0.39 is 0 Å². The fourth-order valence-electron chi connectivity index (χ4n) is 4.24. The fourth-order valence-corrected chi connectivity index (χ4v) is 4.24. The number of hydrogen-bond acceptors (Lipinski definition) is 2. The third kappa shape index (κ3) is 1.80. The summed E-state index contributed by atoms with van der Waals surface area (Å²) in [6, 6.07) is 9.36. The number of fused-ring (bicyclic) bond motifs is 3. The highest BCUT2D eigenvalue weighted by Gasteiger charge is 2.36. The Hall–Kier alpha value is -1.61. The van der Waals surface area contributed by atoms with Crippen LogP contribution in [0.3, 0.4) is 0 Å². The Bertz CT molecular complexity index is 713. The molecule has 2 aliphatic rings. The predicted octanol–water partition coefficient (Wildman–Crippen LogP) is 3.77. The van der Waals surface area contributed by atoms with Crippen molar-refractivity contribution in [3.8, 4) is 0 Å². The predicted molar refractivity (Wildman–Crippen MR) is 84.7 cm³/mol. The SMILES string of the molecule is CC(C)N1CCc2c3n(c4ccccc24)C(=O)CCCC31. The first-order valence-electron chi connectivity index (χ1n) is 8.09. The van der Waals surface area contributed by atoms with Crippen LogP contribution in [0.15, 0.2) is 24.3 Å². The largest absolute Gasteiger partial charge is 0.292 e. The van der Waals surface area contributed by atoms with Crippen molar-refractivity contribution in [2.75, 3.05) is 6.54 Å². The Morgan fingerprint density at radius 2 is 2.00 bits per heavy atom. The summed E-state index contributed by atoms with van der Waals surface area (Å²) in [5, 5.41) is 1.29. The maximum Gasteiger partial charge on any atom is 0.231 e. The monoisotopic (exact) mass is 282 g/mol. The second-order valence-electron chi connectivity index (χ2n) is 6.60. The van der Waals surface area contributed by atoms with Gasteiger partial charge in [0.2, 0.25) is 5.91 Å². The third-order valence-corrected chi connectivity index (χ3v) is 5.14. The standard InChI is InChI=1S/C18H22N2O/c1-12(2)19-11-10-14-13-6-3-4-7-15(13)20-17(21)9-5-8-16(19)18(14)20/h3-4,6-7,12,16H,5,8-11H2,1-2H3. The van der Waals surface area contributed by atoms with Gasteiger partial charge < -0.3 is 0 Å². The Morgan fingerprint density at radius 3 is 2.81 bits per heavy atom. The van der Waals surface area contributed by atoms with Crippen molar-refractivity contribution < 1.29 is 4.79 Å². The number of hydrogen-bond donors (Lipinski definition) is 0. The number of aromatic nitrogens is 1. The average molecular weight is 282 g/mol. The number of benzene rings is 1. The lowest BCUT2D eigenvalue weighted by Gasteiger charge is -2.38. The molecule has 3 heteroatoms. The molecule has 0 spiro atoms. The van der Waals surface area contributed by atoms with Gasteiger partial charge in [-0.05, 0) is 44.7 Å². The molecule has 1 atom stereocenters. The quantitative estimate of drug-likeness (QED) is 0.795. The maximum atomic E-state index is 12.6. The molecule has 0 amide bonds. The van der Waals surface area contributed by atoms with Gasteiger partial charge in [-0.3, -0.25) is 14.3 Å². The molecular weight excluding hydrogens is 260 g/mol. The van der Waals surface area contributed by atoms with Gasteiger partial charge in [0.1, 0.15) is 0 Å². The van der Waals surface area contributed by atoms with E-state index in [9.17, 15) is 4.79 Å². The van der Waals surface area contributed by atoms with Crippen LogP contribution in [-0.2, 0) is 6.42 Å². The van der Waals surface area contributed by atoms with E-state index in [1.54, 1.807) is 0 Å². The molecule has 2 aromatic rings. The molecule has 1 unspecified atom stereocenters. The molecule has 0 saturated heterocycles. The first-order chi connectivity index (χ1) is 10.2.